The normalized spacial score (nSPS) is 11.2. The van der Waals surface area contributed by atoms with E-state index in [-0.39, 0.29) is 18.0 Å². The van der Waals surface area contributed by atoms with Gasteiger partial charge in [-0.15, -0.1) is 0 Å². The minimum absolute atomic E-state index is 0.184. The third-order valence-electron chi connectivity index (χ3n) is 5.24. The van der Waals surface area contributed by atoms with E-state index in [4.69, 9.17) is 11.6 Å². The van der Waals surface area contributed by atoms with Gasteiger partial charge in [-0.2, -0.15) is 5.10 Å². The largest absolute Gasteiger partial charge is 0.338 e. The maximum atomic E-state index is 12.7. The number of hydrogen-bond donors (Lipinski definition) is 2. The van der Waals surface area contributed by atoms with Crippen LogP contribution < -0.4 is 10.9 Å². The third-order valence-corrected chi connectivity index (χ3v) is 5.57. The van der Waals surface area contributed by atoms with Crippen molar-refractivity contribution in [2.45, 2.75) is 13.5 Å². The number of nitrogens with one attached hydrogen (secondary N) is 2. The van der Waals surface area contributed by atoms with E-state index < -0.39 is 0 Å². The summed E-state index contributed by atoms with van der Waals surface area (Å²) in [4.78, 5) is 33.2. The zero-order valence-electron chi connectivity index (χ0n) is 17.1. The lowest BCUT2D eigenvalue weighted by atomic mass is 10.1. The summed E-state index contributed by atoms with van der Waals surface area (Å²) in [7, 11) is 0. The number of fused-ring (bicyclic) bond motifs is 2. The number of aromatic amines is 1. The summed E-state index contributed by atoms with van der Waals surface area (Å²) in [5.74, 6) is 0.302. The molecule has 0 bridgehead atoms. The minimum Gasteiger partial charge on any atom is -0.338 e. The first kappa shape index (κ1) is 20.0. The van der Waals surface area contributed by atoms with Crippen LogP contribution in [-0.4, -0.2) is 25.7 Å². The van der Waals surface area contributed by atoms with Gasteiger partial charge in [-0.25, -0.2) is 9.67 Å². The fourth-order valence-electron chi connectivity index (χ4n) is 3.72. The molecule has 0 saturated heterocycles. The molecular formula is C24H18ClN5O2. The Morgan fingerprint density at radius 2 is 1.81 bits per heavy atom. The summed E-state index contributed by atoms with van der Waals surface area (Å²) in [5, 5.41) is 9.04. The van der Waals surface area contributed by atoms with Crippen LogP contribution in [0.5, 0.6) is 0 Å². The van der Waals surface area contributed by atoms with Crippen molar-refractivity contribution in [1.29, 1.82) is 0 Å². The number of carbonyl (C=O) groups is 1. The Labute approximate surface area is 187 Å². The van der Waals surface area contributed by atoms with Gasteiger partial charge in [-0.3, -0.25) is 9.59 Å². The van der Waals surface area contributed by atoms with Crippen LogP contribution in [0.15, 0.2) is 71.5 Å². The van der Waals surface area contributed by atoms with Gasteiger partial charge < -0.3 is 10.3 Å². The molecule has 0 aliphatic carbocycles. The maximum absolute atomic E-state index is 12.7. The average molecular weight is 444 g/mol. The molecule has 0 unspecified atom stereocenters. The minimum atomic E-state index is -0.348. The Morgan fingerprint density at radius 1 is 1.06 bits per heavy atom. The molecule has 0 aliphatic heterocycles. The van der Waals surface area contributed by atoms with Gasteiger partial charge in [0.1, 0.15) is 12.4 Å². The number of imidazole rings is 1. The van der Waals surface area contributed by atoms with Crippen LogP contribution in [0, 0.1) is 6.92 Å². The highest BCUT2D eigenvalue weighted by Crippen LogP contribution is 2.28. The van der Waals surface area contributed by atoms with Gasteiger partial charge in [-0.1, -0.05) is 41.9 Å². The highest BCUT2D eigenvalue weighted by Gasteiger charge is 2.13. The summed E-state index contributed by atoms with van der Waals surface area (Å²) < 4.78 is 1.19. The number of nitrogens with zero attached hydrogens (tertiary/aromatic N) is 3. The predicted molar refractivity (Wildman–Crippen MR) is 126 cm³/mol. The standard InChI is InChI=1S/C24H18ClN5O2/c1-14-16-6-2-3-7-17(16)24(32)30(29-14)13-22(31)26-15-10-11-20-21(12-15)28-23(27-20)18-8-4-5-9-19(18)25/h2-12H,13H2,1H3,(H,26,31)(H,27,28). The summed E-state index contributed by atoms with van der Waals surface area (Å²) in [5.41, 5.74) is 3.29. The Balaban J connectivity index is 1.39. The number of aryl methyl sites for hydroxylation is 1. The van der Waals surface area contributed by atoms with Gasteiger partial charge in [0.15, 0.2) is 0 Å². The molecule has 5 rings (SSSR count). The average Bonchev–Trinajstić information content (AvgIpc) is 3.21. The summed E-state index contributed by atoms with van der Waals surface area (Å²) in [6.45, 7) is 1.63. The maximum Gasteiger partial charge on any atom is 0.275 e. The number of halogens is 1. The van der Waals surface area contributed by atoms with Crippen LogP contribution in [0.2, 0.25) is 5.02 Å². The first-order valence-electron chi connectivity index (χ1n) is 10.0. The Kier molecular flexibility index (Phi) is 4.95. The van der Waals surface area contributed by atoms with Crippen LogP contribution in [0.4, 0.5) is 5.69 Å². The van der Waals surface area contributed by atoms with Crippen molar-refractivity contribution in [2.75, 3.05) is 5.32 Å². The second-order valence-electron chi connectivity index (χ2n) is 7.44. The van der Waals surface area contributed by atoms with Crippen LogP contribution in [0.3, 0.4) is 0 Å². The SMILES string of the molecule is Cc1nn(CC(=O)Nc2ccc3nc(-c4ccccc4Cl)[nH]c3c2)c(=O)c2ccccc12. The van der Waals surface area contributed by atoms with Crippen LogP contribution in [0.1, 0.15) is 5.69 Å². The van der Waals surface area contributed by atoms with E-state index >= 15 is 0 Å². The lowest BCUT2D eigenvalue weighted by Gasteiger charge is -2.09. The first-order chi connectivity index (χ1) is 15.5. The van der Waals surface area contributed by atoms with Crippen molar-refractivity contribution in [3.63, 3.8) is 0 Å². The second-order valence-corrected chi connectivity index (χ2v) is 7.85. The number of amides is 1. The Morgan fingerprint density at radius 3 is 2.62 bits per heavy atom. The lowest BCUT2D eigenvalue weighted by Crippen LogP contribution is -2.30. The number of aromatic nitrogens is 4. The lowest BCUT2D eigenvalue weighted by molar-refractivity contribution is -0.117. The van der Waals surface area contributed by atoms with Crippen molar-refractivity contribution in [3.05, 3.63) is 87.8 Å². The molecule has 2 aromatic heterocycles. The highest BCUT2D eigenvalue weighted by atomic mass is 35.5. The van der Waals surface area contributed by atoms with E-state index in [1.807, 2.05) is 43.3 Å². The fraction of sp³-hybridized carbons (Fsp3) is 0.0833. The fourth-order valence-corrected chi connectivity index (χ4v) is 3.94. The predicted octanol–water partition coefficient (Wildman–Crippen LogP) is 4.54. The van der Waals surface area contributed by atoms with E-state index in [0.29, 0.717) is 27.6 Å². The van der Waals surface area contributed by atoms with E-state index in [1.54, 1.807) is 30.3 Å². The molecule has 0 atom stereocenters. The number of carbonyl (C=O) groups excluding carboxylic acids is 1. The van der Waals surface area contributed by atoms with E-state index in [1.165, 1.54) is 4.68 Å². The molecule has 5 aromatic rings. The van der Waals surface area contributed by atoms with Gasteiger partial charge in [0, 0.05) is 16.6 Å². The number of benzene rings is 3. The molecule has 7 nitrogen and oxygen atoms in total. The van der Waals surface area contributed by atoms with Crippen molar-refractivity contribution >= 4 is 45.0 Å². The zero-order chi connectivity index (χ0) is 22.2. The van der Waals surface area contributed by atoms with Crippen LogP contribution in [0.25, 0.3) is 33.2 Å². The molecule has 2 heterocycles. The molecule has 2 N–H and O–H groups in total. The van der Waals surface area contributed by atoms with Gasteiger partial charge in [-0.05, 0) is 43.3 Å². The zero-order valence-corrected chi connectivity index (χ0v) is 17.8. The Bertz CT molecular complexity index is 1550. The molecular weight excluding hydrogens is 426 g/mol. The molecule has 0 saturated carbocycles. The molecule has 3 aromatic carbocycles. The van der Waals surface area contributed by atoms with Crippen molar-refractivity contribution < 1.29 is 4.79 Å². The van der Waals surface area contributed by atoms with E-state index in [0.717, 1.165) is 22.0 Å². The third kappa shape index (κ3) is 3.63. The molecule has 0 aliphatic rings. The Hall–Kier alpha value is -3.97. The van der Waals surface area contributed by atoms with Crippen molar-refractivity contribution in [2.24, 2.45) is 0 Å². The topological polar surface area (TPSA) is 92.7 Å². The van der Waals surface area contributed by atoms with Crippen LogP contribution >= 0.6 is 11.6 Å². The van der Waals surface area contributed by atoms with Gasteiger partial charge in [0.05, 0.1) is 27.1 Å². The summed E-state index contributed by atoms with van der Waals surface area (Å²) in [6.07, 6.45) is 0. The van der Waals surface area contributed by atoms with Gasteiger partial charge in [0.25, 0.3) is 5.56 Å². The second kappa shape index (κ2) is 7.94. The summed E-state index contributed by atoms with van der Waals surface area (Å²) >= 11 is 6.27. The number of hydrogen-bond acceptors (Lipinski definition) is 4. The summed E-state index contributed by atoms with van der Waals surface area (Å²) in [6, 6.07) is 20.1. The molecule has 0 spiro atoms. The molecule has 158 valence electrons. The number of anilines is 1. The molecule has 1 amide bonds. The van der Waals surface area contributed by atoms with Crippen molar-refractivity contribution in [1.82, 2.24) is 19.7 Å². The van der Waals surface area contributed by atoms with Crippen molar-refractivity contribution in [3.8, 4) is 11.4 Å². The van der Waals surface area contributed by atoms with Gasteiger partial charge >= 0.3 is 0 Å². The quantitative estimate of drug-likeness (QED) is 0.426. The molecule has 0 radical (unpaired) electrons. The molecule has 0 fully saturated rings. The van der Waals surface area contributed by atoms with E-state index in [2.05, 4.69) is 20.4 Å². The monoisotopic (exact) mass is 443 g/mol. The molecule has 8 heteroatoms. The smallest absolute Gasteiger partial charge is 0.275 e. The number of rotatable bonds is 4. The van der Waals surface area contributed by atoms with Crippen LogP contribution in [-0.2, 0) is 11.3 Å². The first-order valence-corrected chi connectivity index (χ1v) is 10.4. The molecule has 32 heavy (non-hydrogen) atoms. The number of H-pyrrole nitrogens is 1. The van der Waals surface area contributed by atoms with E-state index in [9.17, 15) is 9.59 Å². The highest BCUT2D eigenvalue weighted by molar-refractivity contribution is 6.33. The van der Waals surface area contributed by atoms with Gasteiger partial charge in [0.2, 0.25) is 5.91 Å².